The number of benzene rings is 1. The van der Waals surface area contributed by atoms with E-state index in [0.717, 1.165) is 27.0 Å². The van der Waals surface area contributed by atoms with Gasteiger partial charge in [-0.3, -0.25) is 0 Å². The van der Waals surface area contributed by atoms with Crippen molar-refractivity contribution in [2.24, 2.45) is 5.92 Å². The zero-order valence-corrected chi connectivity index (χ0v) is 12.9. The summed E-state index contributed by atoms with van der Waals surface area (Å²) in [5.41, 5.74) is 1.03. The first-order chi connectivity index (χ1) is 8.85. The summed E-state index contributed by atoms with van der Waals surface area (Å²) in [6, 6.07) is 8.20. The molecule has 2 aromatic rings. The average Bonchev–Trinajstić information content (AvgIpc) is 2.43. The van der Waals surface area contributed by atoms with Gasteiger partial charge in [-0.05, 0) is 18.4 Å². The number of rotatable bonds is 6. The Balaban J connectivity index is 2.11. The minimum absolute atomic E-state index is 0.716. The summed E-state index contributed by atoms with van der Waals surface area (Å²) in [6.45, 7) is 2.24. The third kappa shape index (κ3) is 3.45. The van der Waals surface area contributed by atoms with E-state index in [1.165, 1.54) is 12.8 Å². The number of aromatic nitrogens is 2. The predicted octanol–water partition coefficient (Wildman–Crippen LogP) is 4.53. The number of fused-ring (bicyclic) bond motifs is 1. The number of para-hydroxylation sites is 1. The van der Waals surface area contributed by atoms with Crippen molar-refractivity contribution in [1.29, 1.82) is 0 Å². The molecule has 0 saturated carbocycles. The third-order valence-electron chi connectivity index (χ3n) is 2.88. The van der Waals surface area contributed by atoms with Crippen molar-refractivity contribution < 1.29 is 0 Å². The van der Waals surface area contributed by atoms with E-state index in [0.29, 0.717) is 5.92 Å². The highest BCUT2D eigenvalue weighted by molar-refractivity contribution is 9.09. The van der Waals surface area contributed by atoms with Crippen molar-refractivity contribution >= 4 is 38.6 Å². The Morgan fingerprint density at radius 1 is 1.28 bits per heavy atom. The van der Waals surface area contributed by atoms with E-state index in [1.54, 1.807) is 6.33 Å². The van der Waals surface area contributed by atoms with Gasteiger partial charge in [0.05, 0.1) is 5.52 Å². The van der Waals surface area contributed by atoms with Gasteiger partial charge in [0.2, 0.25) is 0 Å². The van der Waals surface area contributed by atoms with Gasteiger partial charge in [0.1, 0.15) is 11.4 Å². The second kappa shape index (κ2) is 7.10. The number of nitrogens with zero attached hydrogens (tertiary/aromatic N) is 2. The molecule has 1 aromatic carbocycles. The number of halogens is 1. The van der Waals surface area contributed by atoms with Gasteiger partial charge in [0.15, 0.2) is 0 Å². The zero-order chi connectivity index (χ0) is 12.8. The molecule has 0 aliphatic rings. The fourth-order valence-corrected chi connectivity index (χ4v) is 3.89. The van der Waals surface area contributed by atoms with E-state index in [1.807, 2.05) is 30.0 Å². The number of hydrogen-bond acceptors (Lipinski definition) is 3. The molecule has 1 unspecified atom stereocenters. The molecule has 2 nitrogen and oxygen atoms in total. The van der Waals surface area contributed by atoms with Crippen molar-refractivity contribution in [2.45, 2.75) is 24.8 Å². The number of thioether (sulfide) groups is 1. The topological polar surface area (TPSA) is 25.8 Å². The summed E-state index contributed by atoms with van der Waals surface area (Å²) in [5.74, 6) is 1.83. The second-order valence-corrected chi connectivity index (χ2v) is 5.97. The largest absolute Gasteiger partial charge is 0.236 e. The number of hydrogen-bond donors (Lipinski definition) is 0. The molecule has 0 spiro atoms. The lowest BCUT2D eigenvalue weighted by atomic mass is 10.1. The maximum Gasteiger partial charge on any atom is 0.117 e. The summed E-state index contributed by atoms with van der Waals surface area (Å²) < 4.78 is 0. The first-order valence-electron chi connectivity index (χ1n) is 6.23. The van der Waals surface area contributed by atoms with Crippen LogP contribution >= 0.6 is 27.7 Å². The smallest absolute Gasteiger partial charge is 0.117 e. The lowest BCUT2D eigenvalue weighted by Gasteiger charge is -2.12. The summed E-state index contributed by atoms with van der Waals surface area (Å²) >= 11 is 5.44. The van der Waals surface area contributed by atoms with Crippen LogP contribution in [-0.2, 0) is 0 Å². The molecule has 0 aliphatic carbocycles. The van der Waals surface area contributed by atoms with E-state index >= 15 is 0 Å². The lowest BCUT2D eigenvalue weighted by Crippen LogP contribution is -2.05. The van der Waals surface area contributed by atoms with E-state index in [-0.39, 0.29) is 0 Å². The van der Waals surface area contributed by atoms with E-state index in [9.17, 15) is 0 Å². The van der Waals surface area contributed by atoms with Gasteiger partial charge >= 0.3 is 0 Å². The van der Waals surface area contributed by atoms with Crippen LogP contribution in [0.15, 0.2) is 35.6 Å². The van der Waals surface area contributed by atoms with Crippen LogP contribution in [0.5, 0.6) is 0 Å². The molecule has 96 valence electrons. The van der Waals surface area contributed by atoms with Gasteiger partial charge in [-0.15, -0.1) is 11.8 Å². The Kier molecular flexibility index (Phi) is 5.45. The van der Waals surface area contributed by atoms with Crippen molar-refractivity contribution in [2.75, 3.05) is 11.1 Å². The predicted molar refractivity (Wildman–Crippen MR) is 82.5 cm³/mol. The van der Waals surface area contributed by atoms with Gasteiger partial charge in [-0.25, -0.2) is 9.97 Å². The standard InChI is InChI=1S/C14H17BrN2S/c1-2-5-11(8-15)9-18-14-12-6-3-4-7-13(12)16-10-17-14/h3-4,6-7,10-11H,2,5,8-9H2,1H3. The Morgan fingerprint density at radius 3 is 2.89 bits per heavy atom. The molecule has 1 aromatic heterocycles. The fourth-order valence-electron chi connectivity index (χ4n) is 1.91. The minimum atomic E-state index is 0.716. The van der Waals surface area contributed by atoms with Crippen molar-refractivity contribution in [1.82, 2.24) is 9.97 Å². The van der Waals surface area contributed by atoms with E-state index in [2.05, 4.69) is 38.9 Å². The maximum atomic E-state index is 4.41. The lowest BCUT2D eigenvalue weighted by molar-refractivity contribution is 0.597. The third-order valence-corrected chi connectivity index (χ3v) is 5.03. The SMILES string of the molecule is CCCC(CBr)CSc1ncnc2ccccc12. The Hall–Kier alpha value is -0.610. The van der Waals surface area contributed by atoms with Crippen LogP contribution in [0.2, 0.25) is 0 Å². The minimum Gasteiger partial charge on any atom is -0.236 e. The normalized spacial score (nSPS) is 12.8. The van der Waals surface area contributed by atoms with Crippen LogP contribution in [0.3, 0.4) is 0 Å². The highest BCUT2D eigenvalue weighted by Crippen LogP contribution is 2.27. The van der Waals surface area contributed by atoms with Crippen molar-refractivity contribution in [3.05, 3.63) is 30.6 Å². The quantitative estimate of drug-likeness (QED) is 0.443. The van der Waals surface area contributed by atoms with Gasteiger partial charge in [0.25, 0.3) is 0 Å². The molecular weight excluding hydrogens is 308 g/mol. The van der Waals surface area contributed by atoms with Crippen LogP contribution < -0.4 is 0 Å². The summed E-state index contributed by atoms with van der Waals surface area (Å²) in [4.78, 5) is 8.70. The first-order valence-corrected chi connectivity index (χ1v) is 8.34. The molecule has 2 rings (SSSR count). The van der Waals surface area contributed by atoms with Crippen LogP contribution in [0.1, 0.15) is 19.8 Å². The van der Waals surface area contributed by atoms with E-state index in [4.69, 9.17) is 0 Å². The fraction of sp³-hybridized carbons (Fsp3) is 0.429. The molecule has 0 N–H and O–H groups in total. The summed E-state index contributed by atoms with van der Waals surface area (Å²) in [6.07, 6.45) is 4.16. The van der Waals surface area contributed by atoms with Crippen molar-refractivity contribution in [3.63, 3.8) is 0 Å². The van der Waals surface area contributed by atoms with Crippen LogP contribution in [0.25, 0.3) is 10.9 Å². The molecule has 0 radical (unpaired) electrons. The second-order valence-electron chi connectivity index (χ2n) is 4.32. The molecular formula is C14H17BrN2S. The molecule has 0 fully saturated rings. The average molecular weight is 325 g/mol. The Morgan fingerprint density at radius 2 is 2.11 bits per heavy atom. The first kappa shape index (κ1) is 13.8. The molecule has 4 heteroatoms. The van der Waals surface area contributed by atoms with Gasteiger partial charge < -0.3 is 0 Å². The maximum absolute atomic E-state index is 4.41. The highest BCUT2D eigenvalue weighted by atomic mass is 79.9. The Labute approximate surface area is 121 Å². The molecule has 1 heterocycles. The molecule has 0 saturated heterocycles. The summed E-state index contributed by atoms with van der Waals surface area (Å²) in [5, 5.41) is 3.33. The van der Waals surface area contributed by atoms with Crippen LogP contribution in [0.4, 0.5) is 0 Å². The van der Waals surface area contributed by atoms with Crippen LogP contribution in [-0.4, -0.2) is 21.1 Å². The molecule has 0 bridgehead atoms. The van der Waals surface area contributed by atoms with Gasteiger partial charge in [-0.2, -0.15) is 0 Å². The molecule has 0 amide bonds. The summed E-state index contributed by atoms with van der Waals surface area (Å²) in [7, 11) is 0. The van der Waals surface area contributed by atoms with Gasteiger partial charge in [-0.1, -0.05) is 47.5 Å². The van der Waals surface area contributed by atoms with Crippen LogP contribution in [0, 0.1) is 5.92 Å². The monoisotopic (exact) mass is 324 g/mol. The van der Waals surface area contributed by atoms with Crippen molar-refractivity contribution in [3.8, 4) is 0 Å². The van der Waals surface area contributed by atoms with Gasteiger partial charge in [0, 0.05) is 16.5 Å². The molecule has 1 atom stereocenters. The number of alkyl halides is 1. The van der Waals surface area contributed by atoms with E-state index < -0.39 is 0 Å². The molecule has 0 aliphatic heterocycles. The Bertz CT molecular complexity index is 499. The highest BCUT2D eigenvalue weighted by Gasteiger charge is 2.09. The molecule has 18 heavy (non-hydrogen) atoms. The zero-order valence-electron chi connectivity index (χ0n) is 10.5.